The van der Waals surface area contributed by atoms with Crippen LogP contribution in [0.5, 0.6) is 0 Å². The summed E-state index contributed by atoms with van der Waals surface area (Å²) in [6, 6.07) is 4.57. The third-order valence-electron chi connectivity index (χ3n) is 4.71. The van der Waals surface area contributed by atoms with Crippen LogP contribution in [0.4, 0.5) is 0 Å². The van der Waals surface area contributed by atoms with E-state index in [-0.39, 0.29) is 6.04 Å². The van der Waals surface area contributed by atoms with Gasteiger partial charge in [0.25, 0.3) is 0 Å². The normalized spacial score (nSPS) is 24.1. The van der Waals surface area contributed by atoms with E-state index in [2.05, 4.69) is 21.8 Å². The first-order valence-corrected chi connectivity index (χ1v) is 8.04. The molecule has 0 aromatic carbocycles. The molecular weight excluding hydrogens is 262 g/mol. The van der Waals surface area contributed by atoms with E-state index in [0.29, 0.717) is 6.04 Å². The Bertz CT molecular complexity index is 546. The standard InChI is InChI=1S/C17H25N3O/c1-3-13-6-4-7-14(12-13)19-16(15-8-5-11-21-15)17-18-9-10-20(17)2/h5,8-11,13-14,16,19H,3-4,6-7,12H2,1-2H3. The topological polar surface area (TPSA) is 43.0 Å². The summed E-state index contributed by atoms with van der Waals surface area (Å²) in [6.07, 6.45) is 12.1. The smallest absolute Gasteiger partial charge is 0.133 e. The minimum absolute atomic E-state index is 0.0422. The van der Waals surface area contributed by atoms with Gasteiger partial charge >= 0.3 is 0 Å². The third-order valence-corrected chi connectivity index (χ3v) is 4.71. The molecule has 2 heterocycles. The van der Waals surface area contributed by atoms with Crippen molar-refractivity contribution in [3.63, 3.8) is 0 Å². The SMILES string of the molecule is CCC1CCCC(NC(c2ccco2)c2nccn2C)C1. The highest BCUT2D eigenvalue weighted by Crippen LogP contribution is 2.30. The maximum Gasteiger partial charge on any atom is 0.133 e. The first-order valence-electron chi connectivity index (χ1n) is 8.04. The maximum atomic E-state index is 5.65. The van der Waals surface area contributed by atoms with Crippen molar-refractivity contribution in [3.8, 4) is 0 Å². The van der Waals surface area contributed by atoms with Gasteiger partial charge in [-0.15, -0.1) is 0 Å². The lowest BCUT2D eigenvalue weighted by molar-refractivity contribution is 0.258. The van der Waals surface area contributed by atoms with E-state index in [0.717, 1.165) is 17.5 Å². The first-order chi connectivity index (χ1) is 10.3. The molecule has 3 unspecified atom stereocenters. The Kier molecular flexibility index (Phi) is 4.44. The Labute approximate surface area is 126 Å². The molecule has 114 valence electrons. The fourth-order valence-electron chi connectivity index (χ4n) is 3.44. The van der Waals surface area contributed by atoms with Crippen LogP contribution in [0.2, 0.25) is 0 Å². The Hall–Kier alpha value is -1.55. The summed E-state index contributed by atoms with van der Waals surface area (Å²) >= 11 is 0. The number of nitrogens with zero attached hydrogens (tertiary/aromatic N) is 2. The zero-order valence-electron chi connectivity index (χ0n) is 13.0. The zero-order chi connectivity index (χ0) is 14.7. The molecule has 3 atom stereocenters. The molecule has 3 rings (SSSR count). The van der Waals surface area contributed by atoms with E-state index in [1.54, 1.807) is 6.26 Å². The van der Waals surface area contributed by atoms with Crippen molar-refractivity contribution in [2.75, 3.05) is 0 Å². The minimum atomic E-state index is 0.0422. The zero-order valence-corrected chi connectivity index (χ0v) is 13.0. The number of nitrogens with one attached hydrogen (secondary N) is 1. The predicted molar refractivity (Wildman–Crippen MR) is 82.9 cm³/mol. The number of aryl methyl sites for hydroxylation is 1. The number of furan rings is 1. The van der Waals surface area contributed by atoms with Crippen LogP contribution in [0.25, 0.3) is 0 Å². The molecule has 0 amide bonds. The van der Waals surface area contributed by atoms with Crippen molar-refractivity contribution in [2.45, 2.75) is 51.1 Å². The monoisotopic (exact) mass is 287 g/mol. The molecule has 2 aromatic heterocycles. The highest BCUT2D eigenvalue weighted by atomic mass is 16.3. The van der Waals surface area contributed by atoms with Gasteiger partial charge in [-0.1, -0.05) is 26.2 Å². The van der Waals surface area contributed by atoms with Crippen LogP contribution in [0.3, 0.4) is 0 Å². The quantitative estimate of drug-likeness (QED) is 0.912. The Morgan fingerprint density at radius 1 is 1.48 bits per heavy atom. The van der Waals surface area contributed by atoms with Crippen molar-refractivity contribution >= 4 is 0 Å². The average molecular weight is 287 g/mol. The molecule has 2 aromatic rings. The predicted octanol–water partition coefficient (Wildman–Crippen LogP) is 3.66. The van der Waals surface area contributed by atoms with Crippen molar-refractivity contribution in [1.29, 1.82) is 0 Å². The van der Waals surface area contributed by atoms with Crippen molar-refractivity contribution < 1.29 is 4.42 Å². The van der Waals surface area contributed by atoms with E-state index in [1.807, 2.05) is 31.6 Å². The molecule has 1 aliphatic rings. The van der Waals surface area contributed by atoms with Crippen molar-refractivity contribution in [2.24, 2.45) is 13.0 Å². The van der Waals surface area contributed by atoms with E-state index < -0.39 is 0 Å². The fraction of sp³-hybridized carbons (Fsp3) is 0.588. The number of imidazole rings is 1. The summed E-state index contributed by atoms with van der Waals surface area (Å²) in [7, 11) is 2.04. The lowest BCUT2D eigenvalue weighted by atomic mass is 9.84. The molecule has 0 bridgehead atoms. The third kappa shape index (κ3) is 3.21. The summed E-state index contributed by atoms with van der Waals surface area (Å²) in [5.74, 6) is 2.82. The van der Waals surface area contributed by atoms with Crippen LogP contribution in [-0.2, 0) is 7.05 Å². The molecule has 0 radical (unpaired) electrons. The molecule has 21 heavy (non-hydrogen) atoms. The Morgan fingerprint density at radius 3 is 3.05 bits per heavy atom. The molecule has 1 saturated carbocycles. The first kappa shape index (κ1) is 14.4. The molecule has 1 N–H and O–H groups in total. The second-order valence-corrected chi connectivity index (χ2v) is 6.15. The number of aromatic nitrogens is 2. The van der Waals surface area contributed by atoms with Gasteiger partial charge in [0.2, 0.25) is 0 Å². The lowest BCUT2D eigenvalue weighted by Gasteiger charge is -2.31. The molecule has 4 heteroatoms. The summed E-state index contributed by atoms with van der Waals surface area (Å²) in [5, 5.41) is 3.79. The summed E-state index contributed by atoms with van der Waals surface area (Å²) in [4.78, 5) is 4.52. The average Bonchev–Trinajstić information content (AvgIpc) is 3.17. The summed E-state index contributed by atoms with van der Waals surface area (Å²) < 4.78 is 7.72. The van der Waals surface area contributed by atoms with Gasteiger partial charge in [-0.3, -0.25) is 5.32 Å². The second kappa shape index (κ2) is 6.48. The van der Waals surface area contributed by atoms with Crippen LogP contribution >= 0.6 is 0 Å². The summed E-state index contributed by atoms with van der Waals surface area (Å²) in [6.45, 7) is 2.30. The van der Waals surface area contributed by atoms with Gasteiger partial charge in [0.15, 0.2) is 0 Å². The van der Waals surface area contributed by atoms with Gasteiger partial charge in [-0.25, -0.2) is 4.98 Å². The number of rotatable bonds is 5. The second-order valence-electron chi connectivity index (χ2n) is 6.15. The van der Waals surface area contributed by atoms with Gasteiger partial charge < -0.3 is 8.98 Å². The molecule has 0 spiro atoms. The summed E-state index contributed by atoms with van der Waals surface area (Å²) in [5.41, 5.74) is 0. The number of hydrogen-bond donors (Lipinski definition) is 1. The molecule has 1 aliphatic carbocycles. The van der Waals surface area contributed by atoms with E-state index in [1.165, 1.54) is 32.1 Å². The van der Waals surface area contributed by atoms with Crippen molar-refractivity contribution in [3.05, 3.63) is 42.4 Å². The van der Waals surface area contributed by atoms with Crippen LogP contribution in [0.1, 0.15) is 56.7 Å². The van der Waals surface area contributed by atoms with Crippen LogP contribution < -0.4 is 5.32 Å². The Morgan fingerprint density at radius 2 is 2.38 bits per heavy atom. The fourth-order valence-corrected chi connectivity index (χ4v) is 3.44. The molecule has 0 aliphatic heterocycles. The minimum Gasteiger partial charge on any atom is -0.467 e. The van der Waals surface area contributed by atoms with Gasteiger partial charge in [0.1, 0.15) is 17.6 Å². The van der Waals surface area contributed by atoms with Crippen LogP contribution in [-0.4, -0.2) is 15.6 Å². The van der Waals surface area contributed by atoms with Gasteiger partial charge in [0.05, 0.1) is 6.26 Å². The highest BCUT2D eigenvalue weighted by Gasteiger charge is 2.27. The van der Waals surface area contributed by atoms with Crippen molar-refractivity contribution in [1.82, 2.24) is 14.9 Å². The molecular formula is C17H25N3O. The maximum absolute atomic E-state index is 5.65. The largest absolute Gasteiger partial charge is 0.467 e. The highest BCUT2D eigenvalue weighted by molar-refractivity contribution is 5.16. The molecule has 4 nitrogen and oxygen atoms in total. The van der Waals surface area contributed by atoms with E-state index >= 15 is 0 Å². The molecule has 0 saturated heterocycles. The molecule has 1 fully saturated rings. The lowest BCUT2D eigenvalue weighted by Crippen LogP contribution is -2.38. The van der Waals surface area contributed by atoms with E-state index in [9.17, 15) is 0 Å². The number of hydrogen-bond acceptors (Lipinski definition) is 3. The van der Waals surface area contributed by atoms with Gasteiger partial charge in [-0.2, -0.15) is 0 Å². The van der Waals surface area contributed by atoms with E-state index in [4.69, 9.17) is 4.42 Å². The Balaban J connectivity index is 1.79. The van der Waals surface area contributed by atoms with Crippen LogP contribution in [0, 0.1) is 5.92 Å². The van der Waals surface area contributed by atoms with Gasteiger partial charge in [0, 0.05) is 25.5 Å². The van der Waals surface area contributed by atoms with Gasteiger partial charge in [-0.05, 0) is 30.9 Å². The van der Waals surface area contributed by atoms with Crippen LogP contribution in [0.15, 0.2) is 35.2 Å².